The second kappa shape index (κ2) is 6.98. The molecule has 2 nitrogen and oxygen atoms in total. The Bertz CT molecular complexity index is 496. The second-order valence-electron chi connectivity index (χ2n) is 4.31. The van der Waals surface area contributed by atoms with Crippen molar-refractivity contribution in [3.8, 4) is 0 Å². The average Bonchev–Trinajstić information content (AvgIpc) is 2.91. The van der Waals surface area contributed by atoms with E-state index in [0.717, 1.165) is 17.8 Å². The molecule has 102 valence electrons. The zero-order chi connectivity index (χ0) is 13.7. The maximum Gasteiger partial charge on any atom is 0.127 e. The topological polar surface area (TPSA) is 24.9 Å². The van der Waals surface area contributed by atoms with Gasteiger partial charge in [0.15, 0.2) is 0 Å². The Balaban J connectivity index is 2.20. The third kappa shape index (κ3) is 3.75. The fraction of sp³-hybridized carbons (Fsp3) is 0.357. The summed E-state index contributed by atoms with van der Waals surface area (Å²) in [6, 6.07) is 4.86. The van der Waals surface area contributed by atoms with E-state index in [-0.39, 0.29) is 11.9 Å². The number of hydrogen-bond acceptors (Lipinski definition) is 3. The summed E-state index contributed by atoms with van der Waals surface area (Å²) in [7, 11) is 0. The number of thiazole rings is 1. The van der Waals surface area contributed by atoms with Gasteiger partial charge in [-0.2, -0.15) is 0 Å². The van der Waals surface area contributed by atoms with Crippen LogP contribution in [0.3, 0.4) is 0 Å². The van der Waals surface area contributed by atoms with Gasteiger partial charge in [0, 0.05) is 27.7 Å². The van der Waals surface area contributed by atoms with Gasteiger partial charge in [0.1, 0.15) is 5.82 Å². The minimum atomic E-state index is -0.250. The van der Waals surface area contributed by atoms with Gasteiger partial charge in [0.25, 0.3) is 0 Å². The molecule has 0 radical (unpaired) electrons. The van der Waals surface area contributed by atoms with Crippen molar-refractivity contribution in [3.05, 3.63) is 51.2 Å². The largest absolute Gasteiger partial charge is 0.309 e. The van der Waals surface area contributed by atoms with Gasteiger partial charge in [-0.25, -0.2) is 4.39 Å². The molecule has 1 N–H and O–H groups in total. The first-order valence-electron chi connectivity index (χ1n) is 6.27. The number of benzene rings is 1. The lowest BCUT2D eigenvalue weighted by molar-refractivity contribution is 0.518. The molecule has 2 aromatic rings. The number of nitrogens with zero attached hydrogens (tertiary/aromatic N) is 1. The van der Waals surface area contributed by atoms with Gasteiger partial charge in [0.05, 0.1) is 5.51 Å². The van der Waals surface area contributed by atoms with Crippen LogP contribution in [0, 0.1) is 5.82 Å². The van der Waals surface area contributed by atoms with Crippen LogP contribution in [0.4, 0.5) is 4.39 Å². The molecule has 0 saturated heterocycles. The first kappa shape index (κ1) is 14.4. The Labute approximate surface area is 121 Å². The molecule has 0 bridgehead atoms. The van der Waals surface area contributed by atoms with E-state index < -0.39 is 0 Å². The monoisotopic (exact) mass is 298 g/mol. The summed E-state index contributed by atoms with van der Waals surface area (Å²) in [6.45, 7) is 2.99. The van der Waals surface area contributed by atoms with Gasteiger partial charge in [-0.1, -0.05) is 24.6 Å². The molecule has 0 aliphatic heterocycles. The molecule has 2 rings (SSSR count). The van der Waals surface area contributed by atoms with E-state index in [9.17, 15) is 4.39 Å². The second-order valence-corrected chi connectivity index (χ2v) is 5.64. The Morgan fingerprint density at radius 1 is 1.47 bits per heavy atom. The van der Waals surface area contributed by atoms with Crippen molar-refractivity contribution in [2.24, 2.45) is 0 Å². The van der Waals surface area contributed by atoms with E-state index in [1.165, 1.54) is 6.07 Å². The van der Waals surface area contributed by atoms with Gasteiger partial charge in [-0.3, -0.25) is 4.98 Å². The van der Waals surface area contributed by atoms with Gasteiger partial charge in [0.2, 0.25) is 0 Å². The summed E-state index contributed by atoms with van der Waals surface area (Å²) in [5.41, 5.74) is 2.35. The van der Waals surface area contributed by atoms with E-state index in [0.29, 0.717) is 17.0 Å². The number of rotatable bonds is 6. The van der Waals surface area contributed by atoms with Crippen molar-refractivity contribution >= 4 is 22.9 Å². The van der Waals surface area contributed by atoms with Crippen LogP contribution in [0.15, 0.2) is 29.9 Å². The van der Waals surface area contributed by atoms with E-state index in [4.69, 9.17) is 11.6 Å². The lowest BCUT2D eigenvalue weighted by Crippen LogP contribution is -2.23. The van der Waals surface area contributed by atoms with Crippen LogP contribution < -0.4 is 5.32 Å². The molecule has 0 amide bonds. The molecule has 19 heavy (non-hydrogen) atoms. The highest BCUT2D eigenvalue weighted by atomic mass is 35.5. The summed E-state index contributed by atoms with van der Waals surface area (Å²) in [5, 5.41) is 3.90. The molecule has 1 heterocycles. The van der Waals surface area contributed by atoms with Crippen LogP contribution in [-0.2, 0) is 6.42 Å². The number of nitrogens with one attached hydrogen (secondary N) is 1. The van der Waals surface area contributed by atoms with Gasteiger partial charge in [-0.05, 0) is 31.5 Å². The van der Waals surface area contributed by atoms with Gasteiger partial charge >= 0.3 is 0 Å². The van der Waals surface area contributed by atoms with Crippen LogP contribution in [0.1, 0.15) is 29.8 Å². The Kier molecular flexibility index (Phi) is 5.31. The number of aromatic nitrogens is 1. The molecule has 0 saturated carbocycles. The number of halogens is 2. The highest BCUT2D eigenvalue weighted by molar-refractivity contribution is 7.09. The smallest absolute Gasteiger partial charge is 0.127 e. The summed E-state index contributed by atoms with van der Waals surface area (Å²) >= 11 is 7.66. The molecular weight excluding hydrogens is 283 g/mol. The van der Waals surface area contributed by atoms with Gasteiger partial charge in [-0.15, -0.1) is 11.3 Å². The van der Waals surface area contributed by atoms with Crippen LogP contribution >= 0.6 is 22.9 Å². The highest BCUT2D eigenvalue weighted by Gasteiger charge is 2.17. The standard InChI is InChI=1S/C14H16ClFN2S/c1-2-6-18-13(14-8-17-9-19-14)7-10-11(15)4-3-5-12(10)16/h3-5,8-9,13,18H,2,6-7H2,1H3. The highest BCUT2D eigenvalue weighted by Crippen LogP contribution is 2.27. The van der Waals surface area contributed by atoms with Crippen LogP contribution in [0.25, 0.3) is 0 Å². The van der Waals surface area contributed by atoms with Crippen LogP contribution in [-0.4, -0.2) is 11.5 Å². The van der Waals surface area contributed by atoms with Crippen LogP contribution in [0.2, 0.25) is 5.02 Å². The summed E-state index contributed by atoms with van der Waals surface area (Å²) in [4.78, 5) is 5.19. The zero-order valence-corrected chi connectivity index (χ0v) is 12.3. The maximum atomic E-state index is 13.9. The molecule has 1 atom stereocenters. The van der Waals surface area contributed by atoms with E-state index in [2.05, 4.69) is 17.2 Å². The Morgan fingerprint density at radius 3 is 2.95 bits per heavy atom. The lowest BCUT2D eigenvalue weighted by atomic mass is 10.0. The predicted molar refractivity (Wildman–Crippen MR) is 78.3 cm³/mol. The third-order valence-corrected chi connectivity index (χ3v) is 4.15. The van der Waals surface area contributed by atoms with Crippen molar-refractivity contribution in [2.45, 2.75) is 25.8 Å². The SMILES string of the molecule is CCCNC(Cc1c(F)cccc1Cl)c1cncs1. The van der Waals surface area contributed by atoms with Crippen molar-refractivity contribution in [2.75, 3.05) is 6.54 Å². The predicted octanol–water partition coefficient (Wildman–Crippen LogP) is 4.22. The normalized spacial score (nSPS) is 12.6. The Hall–Kier alpha value is -0.970. The summed E-state index contributed by atoms with van der Waals surface area (Å²) in [5.74, 6) is -0.250. The Morgan fingerprint density at radius 2 is 2.32 bits per heavy atom. The summed E-state index contributed by atoms with van der Waals surface area (Å²) in [6.07, 6.45) is 3.39. The van der Waals surface area contributed by atoms with E-state index >= 15 is 0 Å². The zero-order valence-electron chi connectivity index (χ0n) is 10.7. The lowest BCUT2D eigenvalue weighted by Gasteiger charge is -2.18. The summed E-state index contributed by atoms with van der Waals surface area (Å²) < 4.78 is 13.9. The minimum absolute atomic E-state index is 0.0573. The van der Waals surface area contributed by atoms with Crippen LogP contribution in [0.5, 0.6) is 0 Å². The number of hydrogen-bond donors (Lipinski definition) is 1. The quantitative estimate of drug-likeness (QED) is 0.864. The van der Waals surface area contributed by atoms with Crippen molar-refractivity contribution in [1.29, 1.82) is 0 Å². The molecule has 5 heteroatoms. The van der Waals surface area contributed by atoms with E-state index in [1.807, 2.05) is 6.20 Å². The molecule has 0 aliphatic rings. The maximum absolute atomic E-state index is 13.9. The molecule has 0 spiro atoms. The first-order chi connectivity index (χ1) is 9.22. The van der Waals surface area contributed by atoms with Crippen molar-refractivity contribution in [1.82, 2.24) is 10.3 Å². The van der Waals surface area contributed by atoms with Crippen molar-refractivity contribution in [3.63, 3.8) is 0 Å². The minimum Gasteiger partial charge on any atom is -0.309 e. The third-order valence-electron chi connectivity index (χ3n) is 2.91. The van der Waals surface area contributed by atoms with Crippen molar-refractivity contribution < 1.29 is 4.39 Å². The fourth-order valence-corrected chi connectivity index (χ4v) is 2.86. The molecule has 0 aliphatic carbocycles. The fourth-order valence-electron chi connectivity index (χ4n) is 1.92. The molecule has 1 aromatic heterocycles. The van der Waals surface area contributed by atoms with E-state index in [1.54, 1.807) is 29.0 Å². The van der Waals surface area contributed by atoms with Gasteiger partial charge < -0.3 is 5.32 Å². The molecule has 0 fully saturated rings. The molecule has 1 aromatic carbocycles. The molecular formula is C14H16ClFN2S. The first-order valence-corrected chi connectivity index (χ1v) is 7.52. The molecule has 1 unspecified atom stereocenters. The average molecular weight is 299 g/mol.